The normalized spacial score (nSPS) is 19.6. The minimum absolute atomic E-state index is 0.280. The highest BCUT2D eigenvalue weighted by Gasteiger charge is 2.52. The van der Waals surface area contributed by atoms with Gasteiger partial charge in [0.1, 0.15) is 17.7 Å². The molecule has 0 bridgehead atoms. The predicted molar refractivity (Wildman–Crippen MR) is 105 cm³/mol. The van der Waals surface area contributed by atoms with Gasteiger partial charge in [0.05, 0.1) is 6.61 Å². The average molecular weight is 432 g/mol. The molecule has 1 fully saturated rings. The number of nitrogens with zero attached hydrogens (tertiary/aromatic N) is 1. The summed E-state index contributed by atoms with van der Waals surface area (Å²) in [5, 5.41) is 0. The number of amides is 2. The summed E-state index contributed by atoms with van der Waals surface area (Å²) in [6, 6.07) is 16.6. The molecule has 1 aliphatic heterocycles. The van der Waals surface area contributed by atoms with Crippen LogP contribution in [0, 0.1) is 0 Å². The summed E-state index contributed by atoms with van der Waals surface area (Å²) in [6.45, 7) is 5.55. The molecule has 27 heavy (non-hydrogen) atoms. The minimum Gasteiger partial charge on any atom is -0.440 e. The Bertz CT molecular complexity index is 820. The molecule has 0 spiro atoms. The van der Waals surface area contributed by atoms with Crippen LogP contribution in [-0.2, 0) is 20.9 Å². The van der Waals surface area contributed by atoms with E-state index in [1.165, 1.54) is 4.90 Å². The van der Waals surface area contributed by atoms with Crippen LogP contribution in [-0.4, -0.2) is 28.6 Å². The molecule has 0 aromatic heterocycles. The Labute approximate surface area is 167 Å². The number of benzene rings is 2. The van der Waals surface area contributed by atoms with Gasteiger partial charge < -0.3 is 9.47 Å². The lowest BCUT2D eigenvalue weighted by molar-refractivity contribution is -0.141. The van der Waals surface area contributed by atoms with Crippen molar-refractivity contribution in [1.29, 1.82) is 0 Å². The Morgan fingerprint density at radius 1 is 1.19 bits per heavy atom. The number of rotatable bonds is 5. The molecule has 1 saturated heterocycles. The van der Waals surface area contributed by atoms with Crippen LogP contribution in [0.4, 0.5) is 4.79 Å². The van der Waals surface area contributed by atoms with E-state index in [4.69, 9.17) is 9.47 Å². The quantitative estimate of drug-likeness (QED) is 0.678. The Morgan fingerprint density at radius 3 is 2.44 bits per heavy atom. The van der Waals surface area contributed by atoms with Gasteiger partial charge in [-0.1, -0.05) is 58.4 Å². The lowest BCUT2D eigenvalue weighted by Crippen LogP contribution is -2.43. The molecule has 2 amide bonds. The van der Waals surface area contributed by atoms with Crippen LogP contribution in [0.15, 0.2) is 59.1 Å². The van der Waals surface area contributed by atoms with Gasteiger partial charge in [0.15, 0.2) is 0 Å². The summed E-state index contributed by atoms with van der Waals surface area (Å²) in [4.78, 5) is 26.6. The standard InChI is InChI=1S/C21H22BrNO4/c1-14(26-13-15-9-11-17(22)12-10-15)19(24)23-18(16-7-5-4-6-8-16)21(2,3)27-20(23)25/h4-12,14,18H,13H2,1-3H3/t14-,18-/m0/s1. The van der Waals surface area contributed by atoms with Crippen molar-refractivity contribution in [3.05, 3.63) is 70.2 Å². The highest BCUT2D eigenvalue weighted by Crippen LogP contribution is 2.41. The summed E-state index contributed by atoms with van der Waals surface area (Å²) in [5.41, 5.74) is 0.975. The molecule has 1 heterocycles. The first-order chi connectivity index (χ1) is 12.8. The van der Waals surface area contributed by atoms with Crippen LogP contribution in [0.5, 0.6) is 0 Å². The fraction of sp³-hybridized carbons (Fsp3) is 0.333. The predicted octanol–water partition coefficient (Wildman–Crippen LogP) is 4.85. The first-order valence-corrected chi connectivity index (χ1v) is 9.56. The van der Waals surface area contributed by atoms with E-state index in [-0.39, 0.29) is 6.61 Å². The molecule has 2 aromatic rings. The maximum Gasteiger partial charge on any atom is 0.417 e. The van der Waals surface area contributed by atoms with Gasteiger partial charge in [-0.3, -0.25) is 4.79 Å². The van der Waals surface area contributed by atoms with Crippen molar-refractivity contribution in [2.24, 2.45) is 0 Å². The molecule has 0 unspecified atom stereocenters. The van der Waals surface area contributed by atoms with Crippen LogP contribution in [0.1, 0.15) is 37.9 Å². The molecular formula is C21H22BrNO4. The molecule has 0 radical (unpaired) electrons. The van der Waals surface area contributed by atoms with Crippen molar-refractivity contribution in [1.82, 2.24) is 4.90 Å². The van der Waals surface area contributed by atoms with Gasteiger partial charge >= 0.3 is 6.09 Å². The third kappa shape index (κ3) is 4.22. The second-order valence-electron chi connectivity index (χ2n) is 7.07. The molecule has 3 rings (SSSR count). The number of cyclic esters (lactones) is 1. The van der Waals surface area contributed by atoms with Gasteiger partial charge in [-0.05, 0) is 44.0 Å². The molecule has 142 valence electrons. The highest BCUT2D eigenvalue weighted by atomic mass is 79.9. The first kappa shape index (κ1) is 19.6. The van der Waals surface area contributed by atoms with Crippen LogP contribution in [0.25, 0.3) is 0 Å². The van der Waals surface area contributed by atoms with Crippen molar-refractivity contribution in [3.63, 3.8) is 0 Å². The van der Waals surface area contributed by atoms with Crippen LogP contribution in [0.2, 0.25) is 0 Å². The summed E-state index contributed by atoms with van der Waals surface area (Å²) in [6.07, 6.45) is -1.42. The second kappa shape index (κ2) is 7.82. The number of ether oxygens (including phenoxy) is 2. The summed E-state index contributed by atoms with van der Waals surface area (Å²) in [7, 11) is 0. The van der Waals surface area contributed by atoms with Crippen LogP contribution in [0.3, 0.4) is 0 Å². The van der Waals surface area contributed by atoms with E-state index >= 15 is 0 Å². The van der Waals surface area contributed by atoms with Crippen LogP contribution >= 0.6 is 15.9 Å². The fourth-order valence-electron chi connectivity index (χ4n) is 3.22. The van der Waals surface area contributed by atoms with E-state index in [9.17, 15) is 9.59 Å². The van der Waals surface area contributed by atoms with Crippen molar-refractivity contribution >= 4 is 27.9 Å². The lowest BCUT2D eigenvalue weighted by atomic mass is 9.91. The van der Waals surface area contributed by atoms with Gasteiger partial charge in [-0.15, -0.1) is 0 Å². The molecule has 6 heteroatoms. The summed E-state index contributed by atoms with van der Waals surface area (Å²) < 4.78 is 12.2. The minimum atomic E-state index is -0.820. The van der Waals surface area contributed by atoms with Crippen molar-refractivity contribution < 1.29 is 19.1 Å². The molecule has 0 N–H and O–H groups in total. The number of halogens is 1. The highest BCUT2D eigenvalue weighted by molar-refractivity contribution is 9.10. The maximum absolute atomic E-state index is 13.0. The third-order valence-electron chi connectivity index (χ3n) is 4.58. The molecule has 0 aliphatic carbocycles. The number of carbonyl (C=O) groups excluding carboxylic acids is 2. The molecule has 2 atom stereocenters. The Hall–Kier alpha value is -2.18. The van der Waals surface area contributed by atoms with Crippen molar-refractivity contribution in [2.75, 3.05) is 0 Å². The van der Waals surface area contributed by atoms with Gasteiger partial charge in [0.25, 0.3) is 5.91 Å². The first-order valence-electron chi connectivity index (χ1n) is 8.76. The van der Waals surface area contributed by atoms with E-state index in [1.54, 1.807) is 6.92 Å². The average Bonchev–Trinajstić information content (AvgIpc) is 2.89. The van der Waals surface area contributed by atoms with E-state index in [0.717, 1.165) is 15.6 Å². The van der Waals surface area contributed by atoms with Gasteiger partial charge in [0.2, 0.25) is 0 Å². The lowest BCUT2D eigenvalue weighted by Gasteiger charge is -2.29. The molecule has 1 aliphatic rings. The maximum atomic E-state index is 13.0. The fourth-order valence-corrected chi connectivity index (χ4v) is 3.48. The summed E-state index contributed by atoms with van der Waals surface area (Å²) >= 11 is 3.39. The van der Waals surface area contributed by atoms with E-state index in [0.29, 0.717) is 0 Å². The number of imide groups is 1. The second-order valence-corrected chi connectivity index (χ2v) is 7.99. The smallest absolute Gasteiger partial charge is 0.417 e. The molecule has 5 nitrogen and oxygen atoms in total. The van der Waals surface area contributed by atoms with E-state index in [2.05, 4.69) is 15.9 Å². The molecule has 2 aromatic carbocycles. The van der Waals surface area contributed by atoms with E-state index < -0.39 is 29.7 Å². The molecule has 0 saturated carbocycles. The topological polar surface area (TPSA) is 55.8 Å². The summed E-state index contributed by atoms with van der Waals surface area (Å²) in [5.74, 6) is -0.406. The van der Waals surface area contributed by atoms with Crippen LogP contribution < -0.4 is 0 Å². The number of hydrogen-bond acceptors (Lipinski definition) is 4. The monoisotopic (exact) mass is 431 g/mol. The van der Waals surface area contributed by atoms with Crippen molar-refractivity contribution in [3.8, 4) is 0 Å². The van der Waals surface area contributed by atoms with E-state index in [1.807, 2.05) is 68.4 Å². The molecular weight excluding hydrogens is 410 g/mol. The van der Waals surface area contributed by atoms with Gasteiger partial charge in [-0.25, -0.2) is 9.69 Å². The largest absolute Gasteiger partial charge is 0.440 e. The van der Waals surface area contributed by atoms with Gasteiger partial charge in [0, 0.05) is 4.47 Å². The zero-order valence-corrected chi connectivity index (χ0v) is 17.1. The zero-order valence-electron chi connectivity index (χ0n) is 15.5. The SMILES string of the molecule is C[C@H](OCc1ccc(Br)cc1)C(=O)N1C(=O)OC(C)(C)[C@@H]1c1ccccc1. The zero-order chi connectivity index (χ0) is 19.6. The Kier molecular flexibility index (Phi) is 5.67. The number of hydrogen-bond donors (Lipinski definition) is 0. The number of carbonyl (C=O) groups is 2. The Balaban J connectivity index is 1.76. The third-order valence-corrected chi connectivity index (χ3v) is 5.11. The van der Waals surface area contributed by atoms with Gasteiger partial charge in [-0.2, -0.15) is 0 Å². The van der Waals surface area contributed by atoms with Crippen molar-refractivity contribution in [2.45, 2.75) is 45.1 Å². The Morgan fingerprint density at radius 2 is 1.81 bits per heavy atom.